The fourth-order valence-electron chi connectivity index (χ4n) is 1.53. The van der Waals surface area contributed by atoms with E-state index in [1.807, 2.05) is 19.3 Å². The molecule has 0 saturated heterocycles. The number of hydrogen-bond acceptors (Lipinski definition) is 2. The lowest BCUT2D eigenvalue weighted by atomic mass is 10.3. The van der Waals surface area contributed by atoms with Crippen LogP contribution in [0.1, 0.15) is 12.2 Å². The Labute approximate surface area is 87.7 Å². The quantitative estimate of drug-likeness (QED) is 0.726. The molecule has 0 aliphatic rings. The molecule has 74 valence electrons. The third-order valence-corrected chi connectivity index (χ3v) is 2.58. The van der Waals surface area contributed by atoms with Crippen molar-refractivity contribution in [2.45, 2.75) is 12.8 Å². The van der Waals surface area contributed by atoms with Gasteiger partial charge in [-0.05, 0) is 12.5 Å². The van der Waals surface area contributed by atoms with E-state index in [1.165, 1.54) is 0 Å². The van der Waals surface area contributed by atoms with Crippen LogP contribution in [0.3, 0.4) is 0 Å². The summed E-state index contributed by atoms with van der Waals surface area (Å²) in [5, 5.41) is 0. The van der Waals surface area contributed by atoms with Gasteiger partial charge in [-0.2, -0.15) is 0 Å². The van der Waals surface area contributed by atoms with Crippen molar-refractivity contribution < 1.29 is 0 Å². The van der Waals surface area contributed by atoms with Crippen LogP contribution in [0, 0.1) is 0 Å². The molecular weight excluding hydrogens is 198 g/mol. The van der Waals surface area contributed by atoms with E-state index in [-0.39, 0.29) is 0 Å². The summed E-state index contributed by atoms with van der Waals surface area (Å²) in [6.07, 6.45) is 5.49. The zero-order valence-electron chi connectivity index (χ0n) is 8.07. The normalized spacial score (nSPS) is 11.0. The zero-order valence-corrected chi connectivity index (χ0v) is 8.83. The van der Waals surface area contributed by atoms with E-state index in [0.717, 1.165) is 29.7 Å². The van der Waals surface area contributed by atoms with Gasteiger partial charge in [-0.3, -0.25) is 4.98 Å². The number of nitrogens with zero attached hydrogens (tertiary/aromatic N) is 3. The van der Waals surface area contributed by atoms with E-state index in [4.69, 9.17) is 11.6 Å². The molecule has 2 aromatic heterocycles. The van der Waals surface area contributed by atoms with E-state index < -0.39 is 0 Å². The zero-order chi connectivity index (χ0) is 9.97. The van der Waals surface area contributed by atoms with Crippen molar-refractivity contribution in [1.82, 2.24) is 14.5 Å². The van der Waals surface area contributed by atoms with Gasteiger partial charge in [0.15, 0.2) is 0 Å². The summed E-state index contributed by atoms with van der Waals surface area (Å²) >= 11 is 5.65. The molecular formula is C10H12ClN3. The molecule has 2 heterocycles. The predicted octanol–water partition coefficient (Wildman–Crippen LogP) is 2.14. The second-order valence-corrected chi connectivity index (χ2v) is 3.62. The topological polar surface area (TPSA) is 30.7 Å². The number of halogens is 1. The number of rotatable bonds is 3. The van der Waals surface area contributed by atoms with Gasteiger partial charge in [-0.15, -0.1) is 11.6 Å². The van der Waals surface area contributed by atoms with E-state index in [2.05, 4.69) is 14.5 Å². The highest BCUT2D eigenvalue weighted by atomic mass is 35.5. The van der Waals surface area contributed by atoms with Gasteiger partial charge in [0.2, 0.25) is 0 Å². The first-order valence-corrected chi connectivity index (χ1v) is 5.17. The summed E-state index contributed by atoms with van der Waals surface area (Å²) in [4.78, 5) is 8.59. The van der Waals surface area contributed by atoms with Crippen LogP contribution in [-0.4, -0.2) is 20.4 Å². The Morgan fingerprint density at radius 3 is 3.07 bits per heavy atom. The molecule has 14 heavy (non-hydrogen) atoms. The van der Waals surface area contributed by atoms with E-state index in [1.54, 1.807) is 6.20 Å². The number of aromatic nitrogens is 3. The molecule has 0 aliphatic carbocycles. The minimum absolute atomic E-state index is 0.682. The highest BCUT2D eigenvalue weighted by Gasteiger charge is 2.06. The van der Waals surface area contributed by atoms with E-state index in [9.17, 15) is 0 Å². The van der Waals surface area contributed by atoms with E-state index in [0.29, 0.717) is 5.88 Å². The smallest absolute Gasteiger partial charge is 0.109 e. The van der Waals surface area contributed by atoms with Crippen molar-refractivity contribution in [2.24, 2.45) is 7.05 Å². The van der Waals surface area contributed by atoms with Crippen LogP contribution < -0.4 is 0 Å². The minimum atomic E-state index is 0.682. The van der Waals surface area contributed by atoms with E-state index >= 15 is 0 Å². The molecule has 0 radical (unpaired) electrons. The third kappa shape index (κ3) is 1.60. The van der Waals surface area contributed by atoms with Gasteiger partial charge < -0.3 is 4.57 Å². The van der Waals surface area contributed by atoms with Crippen LogP contribution in [0.4, 0.5) is 0 Å². The number of aryl methyl sites for hydroxylation is 2. The monoisotopic (exact) mass is 209 g/mol. The molecule has 0 spiro atoms. The lowest BCUT2D eigenvalue weighted by Gasteiger charge is -1.99. The van der Waals surface area contributed by atoms with Gasteiger partial charge in [0, 0.05) is 25.5 Å². The van der Waals surface area contributed by atoms with Crippen LogP contribution in [0.2, 0.25) is 0 Å². The summed E-state index contributed by atoms with van der Waals surface area (Å²) in [6, 6.07) is 1.93. The molecule has 0 N–H and O–H groups in total. The number of imidazole rings is 1. The summed E-state index contributed by atoms with van der Waals surface area (Å²) in [5.41, 5.74) is 2.09. The van der Waals surface area contributed by atoms with Crippen LogP contribution in [-0.2, 0) is 13.5 Å². The molecule has 2 rings (SSSR count). The van der Waals surface area contributed by atoms with Gasteiger partial charge in [-0.1, -0.05) is 0 Å². The molecule has 0 aromatic carbocycles. The fourth-order valence-corrected chi connectivity index (χ4v) is 1.67. The van der Waals surface area contributed by atoms with Gasteiger partial charge in [0.25, 0.3) is 0 Å². The first-order chi connectivity index (χ1) is 6.83. The SMILES string of the molecule is Cn1c(CCCCl)nc2ccncc21. The Balaban J connectivity index is 2.41. The highest BCUT2D eigenvalue weighted by molar-refractivity contribution is 6.17. The van der Waals surface area contributed by atoms with Gasteiger partial charge in [0.1, 0.15) is 5.82 Å². The highest BCUT2D eigenvalue weighted by Crippen LogP contribution is 2.13. The first-order valence-electron chi connectivity index (χ1n) is 4.64. The average Bonchev–Trinajstić information content (AvgIpc) is 2.54. The summed E-state index contributed by atoms with van der Waals surface area (Å²) < 4.78 is 2.08. The van der Waals surface area contributed by atoms with Crippen LogP contribution in [0.15, 0.2) is 18.5 Å². The van der Waals surface area contributed by atoms with Crippen molar-refractivity contribution in [1.29, 1.82) is 0 Å². The maximum atomic E-state index is 5.65. The summed E-state index contributed by atoms with van der Waals surface area (Å²) in [5.74, 6) is 1.76. The van der Waals surface area contributed by atoms with Crippen molar-refractivity contribution in [3.05, 3.63) is 24.3 Å². The molecule has 0 bridgehead atoms. The molecule has 0 unspecified atom stereocenters. The van der Waals surface area contributed by atoms with Gasteiger partial charge >= 0.3 is 0 Å². The van der Waals surface area contributed by atoms with Crippen LogP contribution in [0.5, 0.6) is 0 Å². The Morgan fingerprint density at radius 2 is 2.36 bits per heavy atom. The lowest BCUT2D eigenvalue weighted by Crippen LogP contribution is -1.98. The second kappa shape index (κ2) is 3.96. The van der Waals surface area contributed by atoms with Crippen molar-refractivity contribution in [3.8, 4) is 0 Å². The number of alkyl halides is 1. The number of hydrogen-bond donors (Lipinski definition) is 0. The van der Waals surface area contributed by atoms with Crippen molar-refractivity contribution >= 4 is 22.6 Å². The Kier molecular flexibility index (Phi) is 2.68. The standard InChI is InChI=1S/C10H12ClN3/c1-14-9-7-12-6-4-8(9)13-10(14)3-2-5-11/h4,6-7H,2-3,5H2,1H3. The molecule has 0 saturated carbocycles. The molecule has 2 aromatic rings. The number of fused-ring (bicyclic) bond motifs is 1. The minimum Gasteiger partial charge on any atom is -0.330 e. The third-order valence-electron chi connectivity index (χ3n) is 2.31. The maximum absolute atomic E-state index is 5.65. The Hall–Kier alpha value is -1.09. The fraction of sp³-hybridized carbons (Fsp3) is 0.400. The Bertz CT molecular complexity index is 436. The maximum Gasteiger partial charge on any atom is 0.109 e. The predicted molar refractivity (Wildman–Crippen MR) is 57.6 cm³/mol. The van der Waals surface area contributed by atoms with Crippen molar-refractivity contribution in [3.63, 3.8) is 0 Å². The van der Waals surface area contributed by atoms with Crippen molar-refractivity contribution in [2.75, 3.05) is 5.88 Å². The summed E-state index contributed by atoms with van der Waals surface area (Å²) in [7, 11) is 2.01. The molecule has 3 nitrogen and oxygen atoms in total. The first kappa shape index (κ1) is 9.46. The molecule has 4 heteroatoms. The largest absolute Gasteiger partial charge is 0.330 e. The lowest BCUT2D eigenvalue weighted by molar-refractivity contribution is 0.775. The average molecular weight is 210 g/mol. The molecule has 0 aliphatic heterocycles. The van der Waals surface area contributed by atoms with Gasteiger partial charge in [0.05, 0.1) is 17.2 Å². The molecule has 0 atom stereocenters. The summed E-state index contributed by atoms with van der Waals surface area (Å²) in [6.45, 7) is 0. The van der Waals surface area contributed by atoms with Crippen LogP contribution in [0.25, 0.3) is 11.0 Å². The second-order valence-electron chi connectivity index (χ2n) is 3.24. The Morgan fingerprint density at radius 1 is 1.50 bits per heavy atom. The van der Waals surface area contributed by atoms with Gasteiger partial charge in [-0.25, -0.2) is 4.98 Å². The number of pyridine rings is 1. The molecule has 0 amide bonds. The van der Waals surface area contributed by atoms with Crippen LogP contribution >= 0.6 is 11.6 Å². The molecule has 0 fully saturated rings.